The first-order chi connectivity index (χ1) is 12.5. The van der Waals surface area contributed by atoms with Gasteiger partial charge in [-0.25, -0.2) is 0 Å². The Morgan fingerprint density at radius 3 is 2.46 bits per heavy atom. The van der Waals surface area contributed by atoms with Crippen LogP contribution in [0, 0.1) is 5.92 Å². The van der Waals surface area contributed by atoms with E-state index in [1.807, 2.05) is 18.2 Å². The molecule has 0 aliphatic carbocycles. The summed E-state index contributed by atoms with van der Waals surface area (Å²) in [5, 5.41) is 8.66. The number of carboxylic acid groups (broad SMARTS) is 1. The minimum absolute atomic E-state index is 0.00226. The topological polar surface area (TPSA) is 87.2 Å². The van der Waals surface area contributed by atoms with Crippen molar-refractivity contribution < 1.29 is 24.2 Å². The maximum absolute atomic E-state index is 12.4. The first-order valence-corrected chi connectivity index (χ1v) is 8.89. The van der Waals surface area contributed by atoms with Gasteiger partial charge in [0.2, 0.25) is 5.91 Å². The Bertz CT molecular complexity index is 612. The number of carbonyl (C=O) groups excluding carboxylic acids is 2. The summed E-state index contributed by atoms with van der Waals surface area (Å²) in [5.41, 5.74) is 0. The predicted octanol–water partition coefficient (Wildman–Crippen LogP) is 1.63. The number of nitrogens with zero attached hydrogens (tertiary/aromatic N) is 2. The molecule has 7 heteroatoms. The molecule has 0 aromatic heterocycles. The number of carbonyl (C=O) groups is 3. The highest BCUT2D eigenvalue weighted by atomic mass is 16.5. The van der Waals surface area contributed by atoms with E-state index in [0.29, 0.717) is 44.6 Å². The highest BCUT2D eigenvalue weighted by Crippen LogP contribution is 2.20. The Balaban J connectivity index is 1.71. The van der Waals surface area contributed by atoms with Crippen molar-refractivity contribution in [1.82, 2.24) is 9.80 Å². The van der Waals surface area contributed by atoms with Gasteiger partial charge in [-0.15, -0.1) is 0 Å². The van der Waals surface area contributed by atoms with Gasteiger partial charge in [-0.05, 0) is 31.4 Å². The van der Waals surface area contributed by atoms with Crippen molar-refractivity contribution in [2.75, 3.05) is 33.3 Å². The standard InChI is InChI=1S/C19H26N2O5/c1-20(11-5-8-18(23)24)19(25)15-9-12-21(13-10-15)17(22)14-26-16-6-3-2-4-7-16/h2-4,6-7,15H,5,8-14H2,1H3,(H,23,24). The number of rotatable bonds is 8. The maximum atomic E-state index is 12.4. The summed E-state index contributed by atoms with van der Waals surface area (Å²) in [7, 11) is 1.70. The third kappa shape index (κ3) is 6.06. The van der Waals surface area contributed by atoms with Gasteiger partial charge in [-0.2, -0.15) is 0 Å². The van der Waals surface area contributed by atoms with Crippen LogP contribution in [-0.2, 0) is 14.4 Å². The Hall–Kier alpha value is -2.57. The largest absolute Gasteiger partial charge is 0.484 e. The van der Waals surface area contributed by atoms with Gasteiger partial charge in [0.05, 0.1) is 0 Å². The SMILES string of the molecule is CN(CCCC(=O)O)C(=O)C1CCN(C(=O)COc2ccccc2)CC1. The van der Waals surface area contributed by atoms with Crippen molar-refractivity contribution in [3.63, 3.8) is 0 Å². The van der Waals surface area contributed by atoms with Gasteiger partial charge >= 0.3 is 5.97 Å². The number of aliphatic carboxylic acids is 1. The van der Waals surface area contributed by atoms with E-state index in [0.717, 1.165) is 0 Å². The van der Waals surface area contributed by atoms with E-state index in [2.05, 4.69) is 0 Å². The van der Waals surface area contributed by atoms with E-state index in [4.69, 9.17) is 9.84 Å². The van der Waals surface area contributed by atoms with E-state index < -0.39 is 5.97 Å². The number of para-hydroxylation sites is 1. The van der Waals surface area contributed by atoms with E-state index >= 15 is 0 Å². The van der Waals surface area contributed by atoms with Gasteiger partial charge in [0.15, 0.2) is 6.61 Å². The van der Waals surface area contributed by atoms with Crippen LogP contribution in [-0.4, -0.2) is 66.0 Å². The first-order valence-electron chi connectivity index (χ1n) is 8.89. The van der Waals surface area contributed by atoms with Crippen molar-refractivity contribution in [2.24, 2.45) is 5.92 Å². The molecule has 0 saturated carbocycles. The van der Waals surface area contributed by atoms with Crippen LogP contribution in [0.4, 0.5) is 0 Å². The van der Waals surface area contributed by atoms with E-state index in [1.54, 1.807) is 29.0 Å². The summed E-state index contributed by atoms with van der Waals surface area (Å²) in [6.45, 7) is 1.51. The molecule has 1 saturated heterocycles. The number of hydrogen-bond acceptors (Lipinski definition) is 4. The summed E-state index contributed by atoms with van der Waals surface area (Å²) in [4.78, 5) is 38.5. The fourth-order valence-electron chi connectivity index (χ4n) is 3.02. The van der Waals surface area contributed by atoms with Crippen LogP contribution in [0.1, 0.15) is 25.7 Å². The molecule has 0 spiro atoms. The second-order valence-electron chi connectivity index (χ2n) is 6.51. The van der Waals surface area contributed by atoms with E-state index in [9.17, 15) is 14.4 Å². The molecular weight excluding hydrogens is 336 g/mol. The molecule has 7 nitrogen and oxygen atoms in total. The molecule has 1 fully saturated rings. The van der Waals surface area contributed by atoms with Gasteiger partial charge in [-0.1, -0.05) is 18.2 Å². The Morgan fingerprint density at radius 1 is 1.19 bits per heavy atom. The van der Waals surface area contributed by atoms with E-state index in [1.165, 1.54) is 0 Å². The van der Waals surface area contributed by atoms with Gasteiger partial charge in [0, 0.05) is 39.0 Å². The molecule has 142 valence electrons. The quantitative estimate of drug-likeness (QED) is 0.759. The highest BCUT2D eigenvalue weighted by molar-refractivity contribution is 5.80. The van der Waals surface area contributed by atoms with Crippen LogP contribution >= 0.6 is 0 Å². The summed E-state index contributed by atoms with van der Waals surface area (Å²) >= 11 is 0. The first kappa shape index (κ1) is 19.8. The smallest absolute Gasteiger partial charge is 0.303 e. The van der Waals surface area contributed by atoms with Crippen molar-refractivity contribution in [1.29, 1.82) is 0 Å². The molecule has 1 aliphatic heterocycles. The second kappa shape index (κ2) is 9.79. The molecular formula is C19H26N2O5. The number of piperidine rings is 1. The number of amides is 2. The van der Waals surface area contributed by atoms with Crippen molar-refractivity contribution >= 4 is 17.8 Å². The van der Waals surface area contributed by atoms with Crippen molar-refractivity contribution in [3.8, 4) is 5.75 Å². The van der Waals surface area contributed by atoms with Crippen LogP contribution in [0.25, 0.3) is 0 Å². The van der Waals surface area contributed by atoms with Gasteiger partial charge in [0.1, 0.15) is 5.75 Å². The monoisotopic (exact) mass is 362 g/mol. The van der Waals surface area contributed by atoms with Crippen LogP contribution in [0.2, 0.25) is 0 Å². The Kier molecular flexibility index (Phi) is 7.44. The predicted molar refractivity (Wildman–Crippen MR) is 95.7 cm³/mol. The Morgan fingerprint density at radius 2 is 1.85 bits per heavy atom. The zero-order chi connectivity index (χ0) is 18.9. The lowest BCUT2D eigenvalue weighted by Crippen LogP contribution is -2.45. The highest BCUT2D eigenvalue weighted by Gasteiger charge is 2.29. The van der Waals surface area contributed by atoms with Gasteiger partial charge < -0.3 is 19.6 Å². The number of ether oxygens (including phenoxy) is 1. The molecule has 1 aliphatic rings. The van der Waals surface area contributed by atoms with Crippen molar-refractivity contribution in [2.45, 2.75) is 25.7 Å². The lowest BCUT2D eigenvalue weighted by molar-refractivity contribution is -0.141. The molecule has 2 amide bonds. The van der Waals surface area contributed by atoms with Crippen LogP contribution in [0.3, 0.4) is 0 Å². The molecule has 2 rings (SSSR count). The Labute approximate surface area is 153 Å². The molecule has 1 N–H and O–H groups in total. The summed E-state index contributed by atoms with van der Waals surface area (Å²) in [6.07, 6.45) is 1.76. The van der Waals surface area contributed by atoms with Crippen LogP contribution < -0.4 is 4.74 Å². The number of likely N-dealkylation sites (tertiary alicyclic amines) is 1. The summed E-state index contributed by atoms with van der Waals surface area (Å²) in [6, 6.07) is 9.19. The van der Waals surface area contributed by atoms with Crippen LogP contribution in [0.15, 0.2) is 30.3 Å². The number of carboxylic acids is 1. The summed E-state index contributed by atoms with van der Waals surface area (Å²) in [5.74, 6) is -0.342. The molecule has 1 aromatic carbocycles. The molecule has 0 bridgehead atoms. The average molecular weight is 362 g/mol. The minimum Gasteiger partial charge on any atom is -0.484 e. The van der Waals surface area contributed by atoms with Crippen molar-refractivity contribution in [3.05, 3.63) is 30.3 Å². The average Bonchev–Trinajstić information content (AvgIpc) is 2.66. The molecule has 0 radical (unpaired) electrons. The van der Waals surface area contributed by atoms with Gasteiger partial charge in [-0.3, -0.25) is 14.4 Å². The molecule has 1 heterocycles. The zero-order valence-electron chi connectivity index (χ0n) is 15.1. The van der Waals surface area contributed by atoms with Crippen LogP contribution in [0.5, 0.6) is 5.75 Å². The minimum atomic E-state index is -0.851. The fourth-order valence-corrected chi connectivity index (χ4v) is 3.02. The fraction of sp³-hybridized carbons (Fsp3) is 0.526. The molecule has 1 aromatic rings. The molecule has 26 heavy (non-hydrogen) atoms. The lowest BCUT2D eigenvalue weighted by atomic mass is 9.95. The third-order valence-corrected chi connectivity index (χ3v) is 4.56. The normalized spacial score (nSPS) is 14.7. The molecule has 0 unspecified atom stereocenters. The zero-order valence-corrected chi connectivity index (χ0v) is 15.1. The number of benzene rings is 1. The second-order valence-corrected chi connectivity index (χ2v) is 6.51. The van der Waals surface area contributed by atoms with Gasteiger partial charge in [0.25, 0.3) is 5.91 Å². The molecule has 0 atom stereocenters. The lowest BCUT2D eigenvalue weighted by Gasteiger charge is -2.33. The number of hydrogen-bond donors (Lipinski definition) is 1. The maximum Gasteiger partial charge on any atom is 0.303 e. The third-order valence-electron chi connectivity index (χ3n) is 4.56. The summed E-state index contributed by atoms with van der Waals surface area (Å²) < 4.78 is 5.48. The van der Waals surface area contributed by atoms with E-state index in [-0.39, 0.29) is 30.8 Å².